The van der Waals surface area contributed by atoms with Gasteiger partial charge in [-0.25, -0.2) is 0 Å². The van der Waals surface area contributed by atoms with E-state index in [9.17, 15) is 9.59 Å². The predicted octanol–water partition coefficient (Wildman–Crippen LogP) is 3.41. The van der Waals surface area contributed by atoms with Crippen LogP contribution < -0.4 is 10.6 Å². The molecule has 1 aromatic rings. The van der Waals surface area contributed by atoms with Crippen LogP contribution >= 0.6 is 0 Å². The maximum absolute atomic E-state index is 12.2. The van der Waals surface area contributed by atoms with Gasteiger partial charge in [-0.05, 0) is 54.7 Å². The van der Waals surface area contributed by atoms with E-state index in [0.29, 0.717) is 5.56 Å². The van der Waals surface area contributed by atoms with Crippen LogP contribution in [-0.4, -0.2) is 24.4 Å². The first-order valence-electron chi connectivity index (χ1n) is 8.94. The Labute approximate surface area is 145 Å². The molecular weight excluding hydrogens is 300 g/mol. The lowest BCUT2D eigenvalue weighted by Crippen LogP contribution is -2.43. The van der Waals surface area contributed by atoms with Gasteiger partial charge in [0.1, 0.15) is 0 Å². The minimum absolute atomic E-state index is 0.0336. The number of carbonyl (C=O) groups is 2. The van der Waals surface area contributed by atoms with E-state index in [-0.39, 0.29) is 29.8 Å². The Morgan fingerprint density at radius 3 is 2.17 bits per heavy atom. The van der Waals surface area contributed by atoms with E-state index in [4.69, 9.17) is 0 Å². The van der Waals surface area contributed by atoms with E-state index in [0.717, 1.165) is 31.6 Å². The van der Waals surface area contributed by atoms with Crippen LogP contribution in [0.1, 0.15) is 69.3 Å². The zero-order chi connectivity index (χ0) is 17.7. The van der Waals surface area contributed by atoms with E-state index < -0.39 is 0 Å². The molecule has 0 saturated heterocycles. The number of hydrogen-bond donors (Lipinski definition) is 2. The Balaban J connectivity index is 1.79. The molecule has 2 rings (SSSR count). The summed E-state index contributed by atoms with van der Waals surface area (Å²) in [4.78, 5) is 24.1. The summed E-state index contributed by atoms with van der Waals surface area (Å²) in [7, 11) is 0. The van der Waals surface area contributed by atoms with Gasteiger partial charge in [-0.1, -0.05) is 39.8 Å². The van der Waals surface area contributed by atoms with Crippen LogP contribution in [0.15, 0.2) is 24.3 Å². The van der Waals surface area contributed by atoms with Crippen molar-refractivity contribution in [2.75, 3.05) is 6.54 Å². The van der Waals surface area contributed by atoms with Crippen molar-refractivity contribution in [1.82, 2.24) is 10.6 Å². The fourth-order valence-electron chi connectivity index (χ4n) is 3.07. The Morgan fingerprint density at radius 1 is 1.04 bits per heavy atom. The van der Waals surface area contributed by atoms with Crippen LogP contribution in [0.5, 0.6) is 0 Å². The molecule has 0 atom stereocenters. The van der Waals surface area contributed by atoms with Crippen LogP contribution in [0.25, 0.3) is 0 Å². The lowest BCUT2D eigenvalue weighted by molar-refractivity contribution is -0.121. The van der Waals surface area contributed by atoms with Gasteiger partial charge in [-0.3, -0.25) is 9.59 Å². The third-order valence-electron chi connectivity index (χ3n) is 4.80. The van der Waals surface area contributed by atoms with E-state index >= 15 is 0 Å². The summed E-state index contributed by atoms with van der Waals surface area (Å²) in [5, 5.41) is 5.73. The highest BCUT2D eigenvalue weighted by atomic mass is 16.2. The second kappa shape index (κ2) is 7.82. The summed E-state index contributed by atoms with van der Waals surface area (Å²) in [6.45, 7) is 8.70. The van der Waals surface area contributed by atoms with Gasteiger partial charge < -0.3 is 10.6 Å². The largest absolute Gasteiger partial charge is 0.352 e. The second-order valence-electron chi connectivity index (χ2n) is 8.03. The number of amides is 2. The van der Waals surface area contributed by atoms with Gasteiger partial charge >= 0.3 is 0 Å². The molecule has 0 aromatic heterocycles. The summed E-state index contributed by atoms with van der Waals surface area (Å²) < 4.78 is 0. The van der Waals surface area contributed by atoms with E-state index in [2.05, 4.69) is 38.3 Å². The van der Waals surface area contributed by atoms with Crippen LogP contribution in [0, 0.1) is 5.92 Å². The van der Waals surface area contributed by atoms with Gasteiger partial charge in [0.05, 0.1) is 6.54 Å². The standard InChI is InChI=1S/C20H30N2O2/c1-14-5-11-17(12-6-14)22-18(23)13-21-19(24)15-7-9-16(10-8-15)20(2,3)4/h7-10,14,17H,5-6,11-13H2,1-4H3,(H,21,24)(H,22,23). The molecule has 0 aliphatic heterocycles. The lowest BCUT2D eigenvalue weighted by Gasteiger charge is -2.26. The second-order valence-corrected chi connectivity index (χ2v) is 8.03. The SMILES string of the molecule is CC1CCC(NC(=O)CNC(=O)c2ccc(C(C)(C)C)cc2)CC1. The summed E-state index contributed by atoms with van der Waals surface area (Å²) in [5.74, 6) is 0.450. The number of nitrogens with one attached hydrogen (secondary N) is 2. The van der Waals surface area contributed by atoms with Gasteiger partial charge in [0.15, 0.2) is 0 Å². The molecule has 1 aliphatic rings. The third kappa shape index (κ3) is 5.36. The first-order chi connectivity index (χ1) is 11.3. The molecule has 0 bridgehead atoms. The summed E-state index contributed by atoms with van der Waals surface area (Å²) in [5.41, 5.74) is 1.83. The van der Waals surface area contributed by atoms with E-state index in [1.165, 1.54) is 5.56 Å². The number of benzene rings is 1. The first kappa shape index (κ1) is 18.5. The summed E-state index contributed by atoms with van der Waals surface area (Å²) in [6, 6.07) is 7.83. The van der Waals surface area contributed by atoms with Gasteiger partial charge in [-0.15, -0.1) is 0 Å². The van der Waals surface area contributed by atoms with Crippen molar-refractivity contribution in [3.63, 3.8) is 0 Å². The Bertz CT molecular complexity index is 564. The molecule has 1 aliphatic carbocycles. The normalized spacial score (nSPS) is 21.2. The van der Waals surface area contributed by atoms with Gasteiger partial charge in [0.25, 0.3) is 5.91 Å². The molecule has 1 fully saturated rings. The van der Waals surface area contributed by atoms with Crippen LogP contribution in [0.4, 0.5) is 0 Å². The predicted molar refractivity (Wildman–Crippen MR) is 97.0 cm³/mol. The zero-order valence-corrected chi connectivity index (χ0v) is 15.3. The van der Waals surface area contributed by atoms with Gasteiger partial charge in [0, 0.05) is 11.6 Å². The highest BCUT2D eigenvalue weighted by Gasteiger charge is 2.20. The maximum Gasteiger partial charge on any atom is 0.251 e. The number of hydrogen-bond acceptors (Lipinski definition) is 2. The molecule has 0 spiro atoms. The number of rotatable bonds is 4. The minimum Gasteiger partial charge on any atom is -0.352 e. The molecule has 2 amide bonds. The lowest BCUT2D eigenvalue weighted by atomic mass is 9.87. The molecule has 0 radical (unpaired) electrons. The van der Waals surface area contributed by atoms with Crippen molar-refractivity contribution in [1.29, 1.82) is 0 Å². The highest BCUT2D eigenvalue weighted by Crippen LogP contribution is 2.23. The number of carbonyl (C=O) groups excluding carboxylic acids is 2. The monoisotopic (exact) mass is 330 g/mol. The van der Waals surface area contributed by atoms with Gasteiger partial charge in [-0.2, -0.15) is 0 Å². The summed E-state index contributed by atoms with van der Waals surface area (Å²) >= 11 is 0. The Hall–Kier alpha value is -1.84. The molecule has 132 valence electrons. The fourth-order valence-corrected chi connectivity index (χ4v) is 3.07. The van der Waals surface area contributed by atoms with Crippen molar-refractivity contribution in [2.24, 2.45) is 5.92 Å². The van der Waals surface area contributed by atoms with E-state index in [1.807, 2.05) is 24.3 Å². The zero-order valence-electron chi connectivity index (χ0n) is 15.3. The molecule has 1 aromatic carbocycles. The van der Waals surface area contributed by atoms with Crippen LogP contribution in [-0.2, 0) is 10.2 Å². The average Bonchev–Trinajstić information content (AvgIpc) is 2.54. The van der Waals surface area contributed by atoms with Crippen molar-refractivity contribution in [3.8, 4) is 0 Å². The first-order valence-corrected chi connectivity index (χ1v) is 8.94. The van der Waals surface area contributed by atoms with Gasteiger partial charge in [0.2, 0.25) is 5.91 Å². The van der Waals surface area contributed by atoms with Crippen molar-refractivity contribution in [3.05, 3.63) is 35.4 Å². The van der Waals surface area contributed by atoms with Crippen LogP contribution in [0.3, 0.4) is 0 Å². The molecule has 0 heterocycles. The summed E-state index contributed by atoms with van der Waals surface area (Å²) in [6.07, 6.45) is 4.40. The van der Waals surface area contributed by atoms with Crippen molar-refractivity contribution < 1.29 is 9.59 Å². The maximum atomic E-state index is 12.2. The minimum atomic E-state index is -0.206. The average molecular weight is 330 g/mol. The topological polar surface area (TPSA) is 58.2 Å². The molecular formula is C20H30N2O2. The molecule has 1 saturated carbocycles. The fraction of sp³-hybridized carbons (Fsp3) is 0.600. The quantitative estimate of drug-likeness (QED) is 0.889. The Morgan fingerprint density at radius 2 is 1.62 bits per heavy atom. The van der Waals surface area contributed by atoms with Crippen molar-refractivity contribution in [2.45, 2.75) is 64.8 Å². The smallest absolute Gasteiger partial charge is 0.251 e. The third-order valence-corrected chi connectivity index (χ3v) is 4.80. The molecule has 24 heavy (non-hydrogen) atoms. The van der Waals surface area contributed by atoms with Crippen LogP contribution in [0.2, 0.25) is 0 Å². The van der Waals surface area contributed by atoms with E-state index in [1.54, 1.807) is 0 Å². The molecule has 4 nitrogen and oxygen atoms in total. The molecule has 0 unspecified atom stereocenters. The Kier molecular flexibility index (Phi) is 6.03. The molecule has 4 heteroatoms. The highest BCUT2D eigenvalue weighted by molar-refractivity contribution is 5.96. The van der Waals surface area contributed by atoms with Crippen molar-refractivity contribution >= 4 is 11.8 Å². The molecule has 2 N–H and O–H groups in total.